The molecule has 1 heterocycles. The third-order valence-electron chi connectivity index (χ3n) is 3.38. The molecule has 1 fully saturated rings. The summed E-state index contributed by atoms with van der Waals surface area (Å²) in [5, 5.41) is 9.20. The van der Waals surface area contributed by atoms with Crippen molar-refractivity contribution in [2.75, 3.05) is 19.7 Å². The van der Waals surface area contributed by atoms with Gasteiger partial charge in [0.15, 0.2) is 5.78 Å². The largest absolute Gasteiger partial charge is 0.480 e. The first-order valence-corrected chi connectivity index (χ1v) is 6.46. The molecule has 0 saturated carbocycles. The molecule has 0 amide bonds. The summed E-state index contributed by atoms with van der Waals surface area (Å²) in [5.74, 6) is -3.32. The second-order valence-corrected chi connectivity index (χ2v) is 4.91. The highest BCUT2D eigenvalue weighted by Gasteiger charge is 2.36. The number of hydrogen-bond acceptors (Lipinski definition) is 4. The molecule has 0 bridgehead atoms. The van der Waals surface area contributed by atoms with Crippen molar-refractivity contribution in [2.24, 2.45) is 0 Å². The van der Waals surface area contributed by atoms with Gasteiger partial charge >= 0.3 is 5.97 Å². The van der Waals surface area contributed by atoms with Gasteiger partial charge in [0, 0.05) is 18.2 Å². The number of rotatable bonds is 4. The molecule has 1 aliphatic rings. The summed E-state index contributed by atoms with van der Waals surface area (Å²) < 4.78 is 31.5. The van der Waals surface area contributed by atoms with Crippen molar-refractivity contribution in [3.63, 3.8) is 0 Å². The minimum Gasteiger partial charge on any atom is -0.480 e. The van der Waals surface area contributed by atoms with Gasteiger partial charge in [-0.1, -0.05) is 0 Å². The van der Waals surface area contributed by atoms with E-state index in [2.05, 4.69) is 0 Å². The number of aliphatic carboxylic acids is 1. The van der Waals surface area contributed by atoms with Crippen molar-refractivity contribution in [1.29, 1.82) is 0 Å². The van der Waals surface area contributed by atoms with Gasteiger partial charge in [0.1, 0.15) is 17.7 Å². The quantitative estimate of drug-likeness (QED) is 0.849. The van der Waals surface area contributed by atoms with Crippen LogP contribution in [-0.2, 0) is 9.53 Å². The molecule has 1 N–H and O–H groups in total. The molecule has 1 aromatic rings. The molecule has 0 spiro atoms. The average molecular weight is 299 g/mol. The highest BCUT2D eigenvalue weighted by molar-refractivity contribution is 5.98. The number of ketones is 1. The van der Waals surface area contributed by atoms with E-state index in [1.807, 2.05) is 0 Å². The van der Waals surface area contributed by atoms with Crippen LogP contribution in [0.15, 0.2) is 18.2 Å². The maximum atomic E-state index is 13.1. The number of carbonyl (C=O) groups excluding carboxylic acids is 1. The Balaban J connectivity index is 2.15. The van der Waals surface area contributed by atoms with Gasteiger partial charge in [-0.2, -0.15) is 0 Å². The normalized spacial score (nSPS) is 23.0. The van der Waals surface area contributed by atoms with E-state index in [4.69, 9.17) is 4.74 Å². The monoisotopic (exact) mass is 299 g/mol. The first-order chi connectivity index (χ1) is 9.88. The van der Waals surface area contributed by atoms with Crippen LogP contribution in [0.2, 0.25) is 0 Å². The van der Waals surface area contributed by atoms with Crippen LogP contribution in [0.3, 0.4) is 0 Å². The van der Waals surface area contributed by atoms with E-state index in [1.54, 1.807) is 6.92 Å². The minimum absolute atomic E-state index is 0.115. The summed E-state index contributed by atoms with van der Waals surface area (Å²) >= 11 is 0. The van der Waals surface area contributed by atoms with Gasteiger partial charge in [0.25, 0.3) is 0 Å². The van der Waals surface area contributed by atoms with Crippen molar-refractivity contribution < 1.29 is 28.2 Å². The highest BCUT2D eigenvalue weighted by Crippen LogP contribution is 2.16. The Kier molecular flexibility index (Phi) is 4.64. The van der Waals surface area contributed by atoms with Gasteiger partial charge in [-0.25, -0.2) is 8.78 Å². The van der Waals surface area contributed by atoms with Crippen LogP contribution in [0.5, 0.6) is 0 Å². The zero-order valence-corrected chi connectivity index (χ0v) is 11.4. The molecule has 0 aromatic heterocycles. The number of Topliss-reactive ketones (excluding diaryl/α,β-unsaturated/α-hetero) is 1. The predicted octanol–water partition coefficient (Wildman–Crippen LogP) is 1.32. The molecular weight excluding hydrogens is 284 g/mol. The van der Waals surface area contributed by atoms with Gasteiger partial charge in [-0.3, -0.25) is 14.5 Å². The summed E-state index contributed by atoms with van der Waals surface area (Å²) in [6, 6.07) is 1.59. The minimum atomic E-state index is -1.10. The zero-order chi connectivity index (χ0) is 15.6. The third kappa shape index (κ3) is 3.62. The Hall–Kier alpha value is -1.86. The maximum absolute atomic E-state index is 13.1. The average Bonchev–Trinajstić information content (AvgIpc) is 2.37. The summed E-state index contributed by atoms with van der Waals surface area (Å²) in [4.78, 5) is 24.8. The number of carbonyl (C=O) groups is 2. The van der Waals surface area contributed by atoms with E-state index >= 15 is 0 Å². The Morgan fingerprint density at radius 2 is 1.95 bits per heavy atom. The summed E-state index contributed by atoms with van der Waals surface area (Å²) in [6.07, 6.45) is -0.562. The molecule has 114 valence electrons. The number of nitrogens with zero attached hydrogens (tertiary/aromatic N) is 1. The predicted molar refractivity (Wildman–Crippen MR) is 69.1 cm³/mol. The lowest BCUT2D eigenvalue weighted by atomic mass is 10.1. The highest BCUT2D eigenvalue weighted by atomic mass is 19.1. The van der Waals surface area contributed by atoms with Crippen LogP contribution in [0.25, 0.3) is 0 Å². The van der Waals surface area contributed by atoms with E-state index in [-0.39, 0.29) is 18.7 Å². The lowest BCUT2D eigenvalue weighted by Gasteiger charge is -2.36. The fourth-order valence-electron chi connectivity index (χ4n) is 2.41. The molecule has 1 aliphatic heterocycles. The molecule has 7 heteroatoms. The standard InChI is InChI=1S/C14H15F2NO4/c1-8-13(14(19)20)17(2-3-21-8)7-12(18)9-4-10(15)6-11(16)5-9/h4-6,8,13H,2-3,7H2,1H3,(H,19,20)/t8?,13-/m1/s1. The van der Waals surface area contributed by atoms with Crippen molar-refractivity contribution in [3.05, 3.63) is 35.4 Å². The molecule has 2 atom stereocenters. The van der Waals surface area contributed by atoms with E-state index < -0.39 is 35.5 Å². The third-order valence-corrected chi connectivity index (χ3v) is 3.38. The maximum Gasteiger partial charge on any atom is 0.323 e. The van der Waals surface area contributed by atoms with Gasteiger partial charge in [-0.15, -0.1) is 0 Å². The van der Waals surface area contributed by atoms with Gasteiger partial charge in [0.05, 0.1) is 19.3 Å². The van der Waals surface area contributed by atoms with Crippen LogP contribution >= 0.6 is 0 Å². The van der Waals surface area contributed by atoms with Crippen LogP contribution < -0.4 is 0 Å². The Bertz CT molecular complexity index is 544. The van der Waals surface area contributed by atoms with Gasteiger partial charge < -0.3 is 9.84 Å². The second-order valence-electron chi connectivity index (χ2n) is 4.91. The molecule has 1 aromatic carbocycles. The van der Waals surface area contributed by atoms with E-state index in [1.165, 1.54) is 4.90 Å². The van der Waals surface area contributed by atoms with Crippen molar-refractivity contribution >= 4 is 11.8 Å². The van der Waals surface area contributed by atoms with E-state index in [0.717, 1.165) is 12.1 Å². The number of carboxylic acids is 1. The van der Waals surface area contributed by atoms with Crippen LogP contribution in [0.4, 0.5) is 8.78 Å². The van der Waals surface area contributed by atoms with E-state index in [9.17, 15) is 23.5 Å². The molecule has 1 saturated heterocycles. The summed E-state index contributed by atoms with van der Waals surface area (Å²) in [7, 11) is 0. The smallest absolute Gasteiger partial charge is 0.323 e. The van der Waals surface area contributed by atoms with Gasteiger partial charge in [0.2, 0.25) is 0 Å². The molecule has 0 radical (unpaired) electrons. The Labute approximate surface area is 120 Å². The Morgan fingerprint density at radius 3 is 2.52 bits per heavy atom. The zero-order valence-electron chi connectivity index (χ0n) is 11.4. The summed E-state index contributed by atoms with van der Waals surface area (Å²) in [5.41, 5.74) is -0.115. The molecule has 21 heavy (non-hydrogen) atoms. The van der Waals surface area contributed by atoms with Crippen LogP contribution in [0, 0.1) is 11.6 Å². The first kappa shape index (κ1) is 15.5. The SMILES string of the molecule is CC1OCCN(CC(=O)c2cc(F)cc(F)c2)[C@H]1C(=O)O. The van der Waals surface area contributed by atoms with Crippen LogP contribution in [-0.4, -0.2) is 53.6 Å². The second kappa shape index (κ2) is 6.28. The lowest BCUT2D eigenvalue weighted by Crippen LogP contribution is -2.55. The molecule has 1 unspecified atom stereocenters. The molecule has 5 nitrogen and oxygen atoms in total. The lowest BCUT2D eigenvalue weighted by molar-refractivity contribution is -0.155. The summed E-state index contributed by atoms with van der Waals surface area (Å²) in [6.45, 7) is 1.95. The number of ether oxygens (including phenoxy) is 1. The van der Waals surface area contributed by atoms with Crippen LogP contribution in [0.1, 0.15) is 17.3 Å². The Morgan fingerprint density at radius 1 is 1.33 bits per heavy atom. The fourth-order valence-corrected chi connectivity index (χ4v) is 2.41. The molecule has 2 rings (SSSR count). The topological polar surface area (TPSA) is 66.8 Å². The number of carboxylic acid groups (broad SMARTS) is 1. The van der Waals surface area contributed by atoms with Crippen molar-refractivity contribution in [1.82, 2.24) is 4.90 Å². The number of halogens is 2. The number of morpholine rings is 1. The number of hydrogen-bond donors (Lipinski definition) is 1. The van der Waals surface area contributed by atoms with Crippen molar-refractivity contribution in [2.45, 2.75) is 19.1 Å². The molecule has 0 aliphatic carbocycles. The van der Waals surface area contributed by atoms with Crippen molar-refractivity contribution in [3.8, 4) is 0 Å². The van der Waals surface area contributed by atoms with E-state index in [0.29, 0.717) is 12.7 Å². The fraction of sp³-hybridized carbons (Fsp3) is 0.429. The van der Waals surface area contributed by atoms with Gasteiger partial charge in [-0.05, 0) is 19.1 Å². The first-order valence-electron chi connectivity index (χ1n) is 6.46. The molecular formula is C14H15F2NO4. The number of benzene rings is 1.